The average Bonchev–Trinajstić information content (AvgIpc) is 2.97. The smallest absolute Gasteiger partial charge is 0.153 e. The topological polar surface area (TPSA) is 43.4 Å². The fraction of sp³-hybridized carbons (Fsp3) is 0.944. The van der Waals surface area contributed by atoms with Crippen LogP contribution in [0.3, 0.4) is 0 Å². The van der Waals surface area contributed by atoms with Crippen molar-refractivity contribution in [2.45, 2.75) is 204 Å². The summed E-state index contributed by atoms with van der Waals surface area (Å²) in [7, 11) is 0. The van der Waals surface area contributed by atoms with E-state index in [9.17, 15) is 9.59 Å². The van der Waals surface area contributed by atoms with Crippen molar-refractivity contribution in [1.29, 1.82) is 0 Å². The van der Waals surface area contributed by atoms with E-state index in [0.29, 0.717) is 12.8 Å². The first-order valence-electron chi connectivity index (χ1n) is 17.9. The predicted octanol–water partition coefficient (Wildman–Crippen LogP) is 12.3. The van der Waals surface area contributed by atoms with Crippen LogP contribution in [0, 0.1) is 0 Å². The summed E-state index contributed by atoms with van der Waals surface area (Å²) in [5, 5.41) is -1.29. The van der Waals surface area contributed by atoms with Gasteiger partial charge in [0.15, 0.2) is 11.6 Å². The van der Waals surface area contributed by atoms with Gasteiger partial charge in [0.1, 0.15) is 10.8 Å². The SMILES string of the molecule is CCCCCCCCCCCCCCCC(=O)C(Cl)COCC(Cl)C(=O)CCCCCCCCCCCCCCC. The molecule has 0 saturated carbocycles. The second-order valence-corrected chi connectivity index (χ2v) is 13.4. The molecule has 0 aromatic rings. The van der Waals surface area contributed by atoms with Crippen molar-refractivity contribution in [3.8, 4) is 0 Å². The first-order chi connectivity index (χ1) is 20.0. The van der Waals surface area contributed by atoms with E-state index in [0.717, 1.165) is 25.7 Å². The van der Waals surface area contributed by atoms with Crippen LogP contribution in [0.1, 0.15) is 194 Å². The summed E-state index contributed by atoms with van der Waals surface area (Å²) in [6.45, 7) is 4.80. The number of ketones is 2. The Kier molecular flexibility index (Phi) is 32.7. The van der Waals surface area contributed by atoms with E-state index in [1.165, 1.54) is 141 Å². The van der Waals surface area contributed by atoms with Crippen LogP contribution in [0.5, 0.6) is 0 Å². The van der Waals surface area contributed by atoms with Crippen LogP contribution in [-0.2, 0) is 14.3 Å². The maximum atomic E-state index is 12.3. The van der Waals surface area contributed by atoms with Gasteiger partial charge in [-0.05, 0) is 12.8 Å². The molecule has 5 heteroatoms. The zero-order valence-corrected chi connectivity index (χ0v) is 28.9. The second kappa shape index (κ2) is 32.8. The number of halogens is 2. The van der Waals surface area contributed by atoms with Crippen LogP contribution in [0.2, 0.25) is 0 Å². The summed E-state index contributed by atoms with van der Waals surface area (Å²) >= 11 is 12.5. The summed E-state index contributed by atoms with van der Waals surface area (Å²) in [5.74, 6) is 0.0818. The van der Waals surface area contributed by atoms with Gasteiger partial charge in [-0.2, -0.15) is 0 Å². The molecule has 244 valence electrons. The monoisotopic (exact) mass is 618 g/mol. The number of alkyl halides is 2. The standard InChI is InChI=1S/C36H68Cl2O3/c1-3-5-7-9-11-13-15-17-19-21-23-25-27-29-35(39)33(37)31-41-32-34(38)36(40)30-28-26-24-22-20-18-16-14-12-10-8-6-4-2/h33-34H,3-32H2,1-2H3. The number of carbonyl (C=O) groups excluding carboxylic acids is 2. The van der Waals surface area contributed by atoms with Crippen LogP contribution in [0.15, 0.2) is 0 Å². The molecule has 0 aliphatic heterocycles. The lowest BCUT2D eigenvalue weighted by atomic mass is 10.0. The molecule has 0 spiro atoms. The zero-order chi connectivity index (χ0) is 30.2. The first-order valence-corrected chi connectivity index (χ1v) is 18.8. The third-order valence-electron chi connectivity index (χ3n) is 8.28. The molecule has 0 aliphatic carbocycles. The number of rotatable bonds is 34. The van der Waals surface area contributed by atoms with Crippen molar-refractivity contribution in [3.63, 3.8) is 0 Å². The molecular weight excluding hydrogens is 551 g/mol. The maximum absolute atomic E-state index is 12.3. The predicted molar refractivity (Wildman–Crippen MR) is 181 cm³/mol. The third kappa shape index (κ3) is 29.7. The molecule has 0 aromatic heterocycles. The second-order valence-electron chi connectivity index (χ2n) is 12.4. The van der Waals surface area contributed by atoms with Crippen LogP contribution in [0.4, 0.5) is 0 Å². The van der Waals surface area contributed by atoms with Gasteiger partial charge in [0.25, 0.3) is 0 Å². The lowest BCUT2D eigenvalue weighted by Crippen LogP contribution is -2.25. The van der Waals surface area contributed by atoms with Gasteiger partial charge < -0.3 is 4.74 Å². The van der Waals surface area contributed by atoms with Gasteiger partial charge in [-0.3, -0.25) is 9.59 Å². The number of Topliss-reactive ketones (excluding diaryl/α,β-unsaturated/α-hetero) is 2. The molecule has 0 rings (SSSR count). The lowest BCUT2D eigenvalue weighted by molar-refractivity contribution is -0.120. The minimum absolute atomic E-state index is 0.0409. The Morgan fingerprint density at radius 3 is 0.878 bits per heavy atom. The minimum atomic E-state index is -0.646. The highest BCUT2D eigenvalue weighted by Crippen LogP contribution is 2.16. The summed E-state index contributed by atoms with van der Waals surface area (Å²) in [6.07, 6.45) is 34.5. The average molecular weight is 620 g/mol. The molecule has 3 nitrogen and oxygen atoms in total. The molecule has 41 heavy (non-hydrogen) atoms. The van der Waals surface area contributed by atoms with Crippen molar-refractivity contribution in [1.82, 2.24) is 0 Å². The molecule has 0 radical (unpaired) electrons. The highest BCUT2D eigenvalue weighted by molar-refractivity contribution is 6.31. The van der Waals surface area contributed by atoms with Crippen molar-refractivity contribution in [3.05, 3.63) is 0 Å². The molecule has 0 saturated heterocycles. The van der Waals surface area contributed by atoms with Gasteiger partial charge in [-0.15, -0.1) is 23.2 Å². The molecule has 0 aliphatic rings. The molecule has 0 fully saturated rings. The van der Waals surface area contributed by atoms with E-state index in [-0.39, 0.29) is 24.8 Å². The van der Waals surface area contributed by atoms with E-state index in [4.69, 9.17) is 27.9 Å². The van der Waals surface area contributed by atoms with Crippen LogP contribution in [0.25, 0.3) is 0 Å². The maximum Gasteiger partial charge on any atom is 0.153 e. The van der Waals surface area contributed by atoms with E-state index in [2.05, 4.69) is 13.8 Å². The van der Waals surface area contributed by atoms with Gasteiger partial charge in [-0.1, -0.05) is 168 Å². The molecule has 0 bridgehead atoms. The van der Waals surface area contributed by atoms with E-state index in [1.807, 2.05) is 0 Å². The van der Waals surface area contributed by atoms with E-state index >= 15 is 0 Å². The molecular formula is C36H68Cl2O3. The fourth-order valence-corrected chi connectivity index (χ4v) is 5.80. The van der Waals surface area contributed by atoms with Crippen LogP contribution in [-0.4, -0.2) is 35.5 Å². The van der Waals surface area contributed by atoms with Gasteiger partial charge in [0.2, 0.25) is 0 Å². The Hall–Kier alpha value is -0.120. The highest BCUT2D eigenvalue weighted by Gasteiger charge is 2.19. The number of carbonyl (C=O) groups is 2. The molecule has 0 N–H and O–H groups in total. The zero-order valence-electron chi connectivity index (χ0n) is 27.3. The first kappa shape index (κ1) is 40.9. The summed E-state index contributed by atoms with van der Waals surface area (Å²) in [6, 6.07) is 0. The van der Waals surface area contributed by atoms with Crippen LogP contribution < -0.4 is 0 Å². The molecule has 2 atom stereocenters. The fourth-order valence-electron chi connectivity index (χ4n) is 5.41. The summed E-state index contributed by atoms with van der Waals surface area (Å²) in [5.41, 5.74) is 0. The highest BCUT2D eigenvalue weighted by atomic mass is 35.5. The van der Waals surface area contributed by atoms with Gasteiger partial charge >= 0.3 is 0 Å². The van der Waals surface area contributed by atoms with E-state index in [1.54, 1.807) is 0 Å². The Bertz CT molecular complexity index is 521. The molecule has 2 unspecified atom stereocenters. The normalized spacial score (nSPS) is 13.0. The quantitative estimate of drug-likeness (QED) is 0.0532. The minimum Gasteiger partial charge on any atom is -0.377 e. The van der Waals surface area contributed by atoms with Crippen molar-refractivity contribution < 1.29 is 14.3 Å². The van der Waals surface area contributed by atoms with Gasteiger partial charge in [0, 0.05) is 12.8 Å². The van der Waals surface area contributed by atoms with Crippen molar-refractivity contribution in [2.24, 2.45) is 0 Å². The molecule has 0 amide bonds. The van der Waals surface area contributed by atoms with Crippen molar-refractivity contribution in [2.75, 3.05) is 13.2 Å². The third-order valence-corrected chi connectivity index (χ3v) is 9.02. The van der Waals surface area contributed by atoms with Crippen molar-refractivity contribution >= 4 is 34.8 Å². The number of ether oxygens (including phenoxy) is 1. The number of unbranched alkanes of at least 4 members (excludes halogenated alkanes) is 24. The largest absolute Gasteiger partial charge is 0.377 e. The number of hydrogen-bond acceptors (Lipinski definition) is 3. The lowest BCUT2D eigenvalue weighted by Gasteiger charge is -2.12. The Morgan fingerprint density at radius 1 is 0.415 bits per heavy atom. The molecule has 0 heterocycles. The van der Waals surface area contributed by atoms with Gasteiger partial charge in [-0.25, -0.2) is 0 Å². The van der Waals surface area contributed by atoms with Gasteiger partial charge in [0.05, 0.1) is 13.2 Å². The van der Waals surface area contributed by atoms with Crippen LogP contribution >= 0.6 is 23.2 Å². The number of hydrogen-bond donors (Lipinski definition) is 0. The van der Waals surface area contributed by atoms with E-state index < -0.39 is 10.8 Å². The summed E-state index contributed by atoms with van der Waals surface area (Å²) < 4.78 is 5.53. The summed E-state index contributed by atoms with van der Waals surface area (Å²) in [4.78, 5) is 24.6. The Morgan fingerprint density at radius 2 is 0.634 bits per heavy atom. The molecule has 0 aromatic carbocycles. The Labute approximate surface area is 266 Å². The Balaban J connectivity index is 3.52.